The largest absolute Gasteiger partial charge is 0.480 e. The van der Waals surface area contributed by atoms with Crippen molar-refractivity contribution in [3.63, 3.8) is 0 Å². The molecule has 2 rings (SSSR count). The van der Waals surface area contributed by atoms with Crippen LogP contribution in [0.25, 0.3) is 0 Å². The smallest absolute Gasteiger partial charge is 0.326 e. The Hall–Kier alpha value is -1.06. The molecule has 2 saturated heterocycles. The van der Waals surface area contributed by atoms with E-state index < -0.39 is 12.0 Å². The molecule has 0 aromatic carbocycles. The summed E-state index contributed by atoms with van der Waals surface area (Å²) in [5.74, 6) is -0.883. The maximum absolute atomic E-state index is 11.2. The molecule has 2 atom stereocenters. The van der Waals surface area contributed by atoms with Gasteiger partial charge in [-0.3, -0.25) is 4.79 Å². The van der Waals surface area contributed by atoms with E-state index in [1.807, 2.05) is 13.8 Å². The van der Waals surface area contributed by atoms with Crippen molar-refractivity contribution >= 4 is 11.9 Å². The van der Waals surface area contributed by atoms with Gasteiger partial charge < -0.3 is 10.0 Å². The molecule has 2 fully saturated rings. The number of hydrogen-bond donors (Lipinski definition) is 1. The van der Waals surface area contributed by atoms with Crippen molar-refractivity contribution in [1.82, 2.24) is 4.90 Å². The molecule has 0 aliphatic carbocycles. The Morgan fingerprint density at radius 1 is 1.62 bits per heavy atom. The van der Waals surface area contributed by atoms with Crippen LogP contribution in [0.1, 0.15) is 26.7 Å². The molecule has 0 unspecified atom stereocenters. The average Bonchev–Trinajstić information content (AvgIpc) is 2.18. The van der Waals surface area contributed by atoms with E-state index in [-0.39, 0.29) is 17.4 Å². The van der Waals surface area contributed by atoms with Crippen molar-refractivity contribution in [2.45, 2.75) is 38.8 Å². The lowest BCUT2D eigenvalue weighted by Gasteiger charge is -2.41. The van der Waals surface area contributed by atoms with E-state index in [9.17, 15) is 9.59 Å². The molecule has 13 heavy (non-hydrogen) atoms. The van der Waals surface area contributed by atoms with Crippen molar-refractivity contribution in [1.29, 1.82) is 0 Å². The summed E-state index contributed by atoms with van der Waals surface area (Å²) >= 11 is 0. The molecule has 0 spiro atoms. The molecule has 2 aliphatic rings. The van der Waals surface area contributed by atoms with Crippen molar-refractivity contribution in [2.24, 2.45) is 5.41 Å². The molecule has 0 aromatic heterocycles. The first-order valence-corrected chi connectivity index (χ1v) is 4.47. The van der Waals surface area contributed by atoms with Gasteiger partial charge in [0, 0.05) is 12.5 Å². The minimum atomic E-state index is -0.872. The number of hydrogen-bond acceptors (Lipinski definition) is 2. The van der Waals surface area contributed by atoms with Gasteiger partial charge in [0.1, 0.15) is 6.04 Å². The molecule has 4 nitrogen and oxygen atoms in total. The van der Waals surface area contributed by atoms with Crippen LogP contribution in [0, 0.1) is 5.41 Å². The molecule has 72 valence electrons. The monoisotopic (exact) mass is 183 g/mol. The molecule has 4 heteroatoms. The maximum Gasteiger partial charge on any atom is 0.326 e. The molecular weight excluding hydrogens is 170 g/mol. The Labute approximate surface area is 76.5 Å². The summed E-state index contributed by atoms with van der Waals surface area (Å²) in [6.07, 6.45) is 1.11. The molecule has 0 saturated carbocycles. The van der Waals surface area contributed by atoms with Gasteiger partial charge in [-0.2, -0.15) is 0 Å². The third-order valence-corrected chi connectivity index (χ3v) is 3.23. The lowest BCUT2D eigenvalue weighted by molar-refractivity contribution is -0.157. The normalized spacial score (nSPS) is 35.5. The fourth-order valence-electron chi connectivity index (χ4n) is 2.41. The van der Waals surface area contributed by atoms with Gasteiger partial charge in [0.05, 0.1) is 0 Å². The van der Waals surface area contributed by atoms with Crippen molar-refractivity contribution in [3.05, 3.63) is 0 Å². The zero-order valence-electron chi connectivity index (χ0n) is 7.78. The highest BCUT2D eigenvalue weighted by Gasteiger charge is 2.57. The lowest BCUT2D eigenvalue weighted by atomic mass is 9.80. The maximum atomic E-state index is 11.2. The predicted molar refractivity (Wildman–Crippen MR) is 45.1 cm³/mol. The minimum absolute atomic E-state index is 0.0111. The second-order valence-corrected chi connectivity index (χ2v) is 4.57. The standard InChI is InChI=1S/C9H13NO3/c1-9(2)4-5(8(12)13)10-6(9)3-7(10)11/h5-6H,3-4H2,1-2H3,(H,12,13)/t5-,6+/m0/s1. The molecular formula is C9H13NO3. The summed E-state index contributed by atoms with van der Waals surface area (Å²) in [7, 11) is 0. The van der Waals surface area contributed by atoms with Gasteiger partial charge >= 0.3 is 5.97 Å². The van der Waals surface area contributed by atoms with E-state index in [0.717, 1.165) is 0 Å². The number of carboxylic acids is 1. The predicted octanol–water partition coefficient (Wildman–Crippen LogP) is 0.470. The van der Waals surface area contributed by atoms with E-state index in [4.69, 9.17) is 5.11 Å². The summed E-state index contributed by atoms with van der Waals surface area (Å²) in [6.45, 7) is 4.06. The Bertz CT molecular complexity index is 277. The molecule has 1 amide bonds. The Morgan fingerprint density at radius 3 is 2.62 bits per heavy atom. The zero-order valence-corrected chi connectivity index (χ0v) is 7.78. The van der Waals surface area contributed by atoms with Gasteiger partial charge in [-0.25, -0.2) is 4.79 Å². The molecule has 0 radical (unpaired) electrons. The topological polar surface area (TPSA) is 57.6 Å². The molecule has 0 bridgehead atoms. The molecule has 2 aliphatic heterocycles. The summed E-state index contributed by atoms with van der Waals surface area (Å²) in [4.78, 5) is 23.5. The number of fused-ring (bicyclic) bond motifs is 1. The fraction of sp³-hybridized carbons (Fsp3) is 0.778. The van der Waals surface area contributed by atoms with Crippen molar-refractivity contribution in [3.8, 4) is 0 Å². The van der Waals surface area contributed by atoms with E-state index >= 15 is 0 Å². The number of rotatable bonds is 1. The van der Waals surface area contributed by atoms with Crippen LogP contribution in [0.2, 0.25) is 0 Å². The summed E-state index contributed by atoms with van der Waals surface area (Å²) in [6, 6.07) is -0.428. The Kier molecular flexibility index (Phi) is 1.47. The highest BCUT2D eigenvalue weighted by atomic mass is 16.4. The lowest BCUT2D eigenvalue weighted by Crippen LogP contribution is -2.56. The van der Waals surface area contributed by atoms with E-state index in [0.29, 0.717) is 12.8 Å². The fourth-order valence-corrected chi connectivity index (χ4v) is 2.41. The van der Waals surface area contributed by atoms with Crippen LogP contribution >= 0.6 is 0 Å². The molecule has 2 heterocycles. The first kappa shape index (κ1) is 8.53. The van der Waals surface area contributed by atoms with Crippen LogP contribution in [0.4, 0.5) is 0 Å². The van der Waals surface area contributed by atoms with Crippen molar-refractivity contribution < 1.29 is 14.7 Å². The van der Waals surface area contributed by atoms with E-state index in [1.165, 1.54) is 4.90 Å². The second-order valence-electron chi connectivity index (χ2n) is 4.57. The quantitative estimate of drug-likeness (QED) is 0.601. The average molecular weight is 183 g/mol. The SMILES string of the molecule is CC1(C)C[C@@H](C(=O)O)N2C(=O)C[C@@H]21. The number of aliphatic carboxylic acids is 1. The number of carbonyl (C=O) groups is 2. The summed E-state index contributed by atoms with van der Waals surface area (Å²) < 4.78 is 0. The number of amides is 1. The first-order valence-electron chi connectivity index (χ1n) is 4.47. The first-order chi connectivity index (χ1) is 5.93. The minimum Gasteiger partial charge on any atom is -0.480 e. The number of carboxylic acid groups (broad SMARTS) is 1. The van der Waals surface area contributed by atoms with Crippen LogP contribution in [-0.4, -0.2) is 34.0 Å². The van der Waals surface area contributed by atoms with Gasteiger partial charge in [0.2, 0.25) is 5.91 Å². The summed E-state index contributed by atoms with van der Waals surface area (Å²) in [5.41, 5.74) is -0.0308. The third kappa shape index (κ3) is 0.975. The molecule has 1 N–H and O–H groups in total. The van der Waals surface area contributed by atoms with Crippen LogP contribution in [-0.2, 0) is 9.59 Å². The number of carbonyl (C=O) groups excluding carboxylic acids is 1. The van der Waals surface area contributed by atoms with Gasteiger partial charge in [0.15, 0.2) is 0 Å². The van der Waals surface area contributed by atoms with Crippen LogP contribution < -0.4 is 0 Å². The Balaban J connectivity index is 2.26. The van der Waals surface area contributed by atoms with E-state index in [1.54, 1.807) is 0 Å². The number of nitrogens with zero attached hydrogens (tertiary/aromatic N) is 1. The summed E-state index contributed by atoms with van der Waals surface area (Å²) in [5, 5.41) is 8.89. The highest BCUT2D eigenvalue weighted by molar-refractivity contribution is 5.90. The second kappa shape index (κ2) is 2.25. The molecule has 0 aromatic rings. The van der Waals surface area contributed by atoms with Crippen LogP contribution in [0.15, 0.2) is 0 Å². The third-order valence-electron chi connectivity index (χ3n) is 3.23. The Morgan fingerprint density at radius 2 is 2.23 bits per heavy atom. The van der Waals surface area contributed by atoms with Crippen LogP contribution in [0.3, 0.4) is 0 Å². The van der Waals surface area contributed by atoms with Gasteiger partial charge in [-0.05, 0) is 11.8 Å². The van der Waals surface area contributed by atoms with Gasteiger partial charge in [0.25, 0.3) is 0 Å². The van der Waals surface area contributed by atoms with Gasteiger partial charge in [-0.1, -0.05) is 13.8 Å². The zero-order chi connectivity index (χ0) is 9.80. The van der Waals surface area contributed by atoms with Crippen molar-refractivity contribution in [2.75, 3.05) is 0 Å². The van der Waals surface area contributed by atoms with Crippen LogP contribution in [0.5, 0.6) is 0 Å². The van der Waals surface area contributed by atoms with Gasteiger partial charge in [-0.15, -0.1) is 0 Å². The number of β-lactam (4-membered cyclic amide) rings is 1. The highest BCUT2D eigenvalue weighted by Crippen LogP contribution is 2.47. The van der Waals surface area contributed by atoms with E-state index in [2.05, 4.69) is 0 Å².